The highest BCUT2D eigenvalue weighted by Crippen LogP contribution is 2.39. The number of quaternary nitrogens is 2. The number of hydrogen-bond acceptors (Lipinski definition) is 9. The zero-order valence-electron chi connectivity index (χ0n) is 43.5. The van der Waals surface area contributed by atoms with Crippen LogP contribution in [-0.4, -0.2) is 90.8 Å². The van der Waals surface area contributed by atoms with Gasteiger partial charge >= 0.3 is 0 Å². The van der Waals surface area contributed by atoms with Crippen LogP contribution in [0.2, 0.25) is 0 Å². The molecule has 0 aliphatic rings. The Balaban J connectivity index is 0.00000129. The number of phosphoric ester groups is 2. The molecule has 1 aromatic rings. The Hall–Kier alpha value is -0.840. The molecule has 0 radical (unpaired) electrons. The van der Waals surface area contributed by atoms with E-state index >= 15 is 0 Å². The van der Waals surface area contributed by atoms with E-state index in [1.54, 1.807) is 0 Å². The predicted molar refractivity (Wildman–Crippen MR) is 273 cm³/mol. The van der Waals surface area contributed by atoms with Crippen molar-refractivity contribution in [3.05, 3.63) is 29.8 Å². The Morgan fingerprint density at radius 2 is 0.646 bits per heavy atom. The van der Waals surface area contributed by atoms with E-state index in [1.165, 1.54) is 179 Å². The molecule has 0 spiro atoms. The summed E-state index contributed by atoms with van der Waals surface area (Å²) in [5.74, 6) is 0. The van der Waals surface area contributed by atoms with Crippen molar-refractivity contribution in [3.8, 4) is 0 Å². The van der Waals surface area contributed by atoms with Crippen LogP contribution >= 0.6 is 15.6 Å². The second-order valence-corrected chi connectivity index (χ2v) is 23.5. The van der Waals surface area contributed by atoms with E-state index in [2.05, 4.69) is 19.1 Å². The fourth-order valence-electron chi connectivity index (χ4n) is 7.52. The van der Waals surface area contributed by atoms with Gasteiger partial charge in [-0.2, -0.15) is 0 Å². The number of phosphoric acid groups is 2. The van der Waals surface area contributed by atoms with Crippen molar-refractivity contribution in [2.24, 2.45) is 0 Å². The first kappa shape index (κ1) is 64.2. The van der Waals surface area contributed by atoms with E-state index in [0.29, 0.717) is 22.1 Å². The van der Waals surface area contributed by atoms with Crippen LogP contribution in [0, 0.1) is 0 Å². The van der Waals surface area contributed by atoms with Gasteiger partial charge in [-0.05, 0) is 43.4 Å². The molecule has 0 saturated heterocycles. The van der Waals surface area contributed by atoms with Crippen molar-refractivity contribution in [1.82, 2.24) is 0 Å². The molecule has 0 fully saturated rings. The third kappa shape index (κ3) is 50.9. The summed E-state index contributed by atoms with van der Waals surface area (Å²) in [5.41, 5.74) is 7.98. The summed E-state index contributed by atoms with van der Waals surface area (Å²) in [6.07, 6.45) is 42.4. The lowest BCUT2D eigenvalue weighted by molar-refractivity contribution is -0.870. The van der Waals surface area contributed by atoms with Gasteiger partial charge in [-0.1, -0.05) is 205 Å². The topological polar surface area (TPSA) is 143 Å². The molecule has 11 nitrogen and oxygen atoms in total. The molecule has 2 N–H and O–H groups in total. The third-order valence-corrected chi connectivity index (χ3v) is 13.9. The predicted octanol–water partition coefficient (Wildman–Crippen LogP) is 13.7. The van der Waals surface area contributed by atoms with E-state index in [1.807, 2.05) is 54.4 Å². The van der Waals surface area contributed by atoms with E-state index in [4.69, 9.17) is 23.8 Å². The number of nitrogens with zero attached hydrogens (tertiary/aromatic N) is 2. The van der Waals surface area contributed by atoms with Gasteiger partial charge in [0.2, 0.25) is 0 Å². The molecular formula is C52H105N3O8P2. The second-order valence-electron chi connectivity index (χ2n) is 20.7. The van der Waals surface area contributed by atoms with Crippen molar-refractivity contribution in [2.75, 3.05) is 87.5 Å². The van der Waals surface area contributed by atoms with Gasteiger partial charge in [0.05, 0.1) is 55.5 Å². The number of hydrogen-bond donors (Lipinski definition) is 1. The molecule has 0 heterocycles. The van der Waals surface area contributed by atoms with Crippen LogP contribution in [0.4, 0.5) is 5.69 Å². The summed E-state index contributed by atoms with van der Waals surface area (Å²) >= 11 is 0. The Labute approximate surface area is 402 Å². The highest BCUT2D eigenvalue weighted by atomic mass is 31.2. The molecule has 0 saturated carbocycles. The van der Waals surface area contributed by atoms with E-state index in [0.717, 1.165) is 44.2 Å². The number of nitrogen functional groups attached to an aromatic ring is 1. The summed E-state index contributed by atoms with van der Waals surface area (Å²) in [5, 5.41) is 0. The molecule has 386 valence electrons. The highest BCUT2D eigenvalue weighted by Gasteiger charge is 2.14. The monoisotopic (exact) mass is 962 g/mol. The minimum Gasteiger partial charge on any atom is -0.756 e. The maximum Gasteiger partial charge on any atom is 0.268 e. The fourth-order valence-corrected chi connectivity index (χ4v) is 8.99. The smallest absolute Gasteiger partial charge is 0.268 e. The van der Waals surface area contributed by atoms with Crippen molar-refractivity contribution in [3.63, 3.8) is 0 Å². The van der Waals surface area contributed by atoms with Crippen molar-refractivity contribution >= 4 is 21.3 Å². The van der Waals surface area contributed by atoms with E-state index in [-0.39, 0.29) is 26.4 Å². The lowest BCUT2D eigenvalue weighted by Gasteiger charge is -2.27. The molecule has 65 heavy (non-hydrogen) atoms. The quantitative estimate of drug-likeness (QED) is 0.0292. The van der Waals surface area contributed by atoms with Crippen molar-refractivity contribution in [2.45, 2.75) is 219 Å². The first-order chi connectivity index (χ1) is 30.9. The van der Waals surface area contributed by atoms with Crippen LogP contribution in [-0.2, 0) is 33.6 Å². The molecule has 0 aromatic heterocycles. The molecule has 0 aliphatic heterocycles. The van der Waals surface area contributed by atoms with Crippen LogP contribution in [0.3, 0.4) is 0 Å². The number of nitrogens with two attached hydrogens (primary N) is 1. The zero-order valence-corrected chi connectivity index (χ0v) is 45.3. The molecule has 2 atom stereocenters. The average Bonchev–Trinajstić information content (AvgIpc) is 3.22. The fraction of sp³-hybridized carbons (Fsp3) is 0.885. The normalized spacial score (nSPS) is 13.9. The number of likely N-dealkylation sites (N-methyl/N-ethyl adjacent to an activating group) is 2. The summed E-state index contributed by atoms with van der Waals surface area (Å²) in [4.78, 5) is 23.4. The Morgan fingerprint density at radius 3 is 0.923 bits per heavy atom. The van der Waals surface area contributed by atoms with E-state index in [9.17, 15) is 18.9 Å². The number of aryl methyl sites for hydroxylation is 1. The second kappa shape index (κ2) is 42.1. The minimum absolute atomic E-state index is 0.164. The van der Waals surface area contributed by atoms with Crippen molar-refractivity contribution < 1.29 is 46.0 Å². The van der Waals surface area contributed by atoms with Gasteiger partial charge in [0, 0.05) is 5.69 Å². The molecule has 0 amide bonds. The van der Waals surface area contributed by atoms with Gasteiger partial charge in [0.15, 0.2) is 0 Å². The SMILES string of the molecule is CCCCCCCCCCCCCCCCCCOP(=O)([O-])OCC[N+](C)(C)C.C[N+](C)(C)CCOP(=O)([O-])OCCCCCCCCCCCCCCCCCCc1ccc(N)cc1. The number of unbranched alkanes of at least 4 members (excludes halogenated alkanes) is 30. The lowest BCUT2D eigenvalue weighted by atomic mass is 10.0. The van der Waals surface area contributed by atoms with Crippen LogP contribution < -0.4 is 15.5 Å². The Morgan fingerprint density at radius 1 is 0.400 bits per heavy atom. The highest BCUT2D eigenvalue weighted by molar-refractivity contribution is 7.46. The Bertz CT molecular complexity index is 1280. The number of rotatable bonds is 46. The molecular weight excluding hydrogens is 857 g/mol. The van der Waals surface area contributed by atoms with Crippen molar-refractivity contribution in [1.29, 1.82) is 0 Å². The van der Waals surface area contributed by atoms with Gasteiger partial charge in [0.25, 0.3) is 15.6 Å². The van der Waals surface area contributed by atoms with E-state index < -0.39 is 15.6 Å². The molecule has 0 bridgehead atoms. The number of benzene rings is 1. The first-order valence-corrected chi connectivity index (χ1v) is 29.5. The zero-order chi connectivity index (χ0) is 48.4. The molecule has 13 heteroatoms. The summed E-state index contributed by atoms with van der Waals surface area (Å²) < 4.78 is 44.4. The summed E-state index contributed by atoms with van der Waals surface area (Å²) in [6.45, 7) is 4.34. The molecule has 1 rings (SSSR count). The van der Waals surface area contributed by atoms with Crippen LogP contribution in [0.1, 0.15) is 218 Å². The maximum atomic E-state index is 11.7. The standard InChI is InChI=1S/C29H55N2O4P.C23H50NO4P/c1-31(2,3)25-27-35-36(32,33)34-26-19-17-15-13-11-9-7-5-4-6-8-10-12-14-16-18-20-28-21-23-29(30)24-22-28;1-5-6-7-8-9-10-11-12-13-14-15-16-17-18-19-20-22-27-29(25,26)28-23-21-24(2,3)4/h21-24H,4-20,25-27,30H2,1-3H3;5-23H2,1-4H3. The average molecular weight is 962 g/mol. The molecule has 0 aliphatic carbocycles. The molecule has 2 unspecified atom stereocenters. The van der Waals surface area contributed by atoms with Gasteiger partial charge in [-0.25, -0.2) is 0 Å². The summed E-state index contributed by atoms with van der Waals surface area (Å²) in [6, 6.07) is 8.29. The van der Waals surface area contributed by atoms with Crippen LogP contribution in [0.25, 0.3) is 0 Å². The summed E-state index contributed by atoms with van der Waals surface area (Å²) in [7, 11) is 3.70. The number of anilines is 1. The largest absolute Gasteiger partial charge is 0.756 e. The van der Waals surface area contributed by atoms with Gasteiger partial charge in [-0.15, -0.1) is 0 Å². The minimum atomic E-state index is -4.15. The first-order valence-electron chi connectivity index (χ1n) is 26.6. The van der Waals surface area contributed by atoms with Gasteiger partial charge < -0.3 is 42.6 Å². The van der Waals surface area contributed by atoms with Gasteiger partial charge in [0.1, 0.15) is 26.3 Å². The van der Waals surface area contributed by atoms with Crippen LogP contribution in [0.15, 0.2) is 24.3 Å². The lowest BCUT2D eigenvalue weighted by Crippen LogP contribution is -2.37. The Kier molecular flexibility index (Phi) is 41.5. The molecule has 1 aromatic carbocycles. The third-order valence-electron chi connectivity index (χ3n) is 11.9. The van der Waals surface area contributed by atoms with Gasteiger partial charge in [-0.3, -0.25) is 9.13 Å². The maximum absolute atomic E-state index is 11.7. The van der Waals surface area contributed by atoms with Crippen LogP contribution in [0.5, 0.6) is 0 Å².